The van der Waals surface area contributed by atoms with Crippen molar-refractivity contribution < 1.29 is 21.2 Å². The van der Waals surface area contributed by atoms with Crippen molar-refractivity contribution >= 4 is 11.4 Å². The molecular formula is C27H34N2Ni. The second-order valence-corrected chi connectivity index (χ2v) is 7.99. The fourth-order valence-corrected chi connectivity index (χ4v) is 4.06. The number of allylic oxidation sites excluding steroid dienone is 2. The van der Waals surface area contributed by atoms with Gasteiger partial charge >= 0.3 is 0 Å². The Bertz CT molecular complexity index is 924. The van der Waals surface area contributed by atoms with E-state index in [0.717, 1.165) is 41.8 Å². The first-order valence-electron chi connectivity index (χ1n) is 11.3. The number of unbranched alkanes of at least 4 members (excludes halogenated alkanes) is 4. The number of hydrogen-bond donors (Lipinski definition) is 0. The quantitative estimate of drug-likeness (QED) is 0.201. The van der Waals surface area contributed by atoms with Gasteiger partial charge in [0.15, 0.2) is 0 Å². The predicted molar refractivity (Wildman–Crippen MR) is 124 cm³/mol. The van der Waals surface area contributed by atoms with E-state index < -0.39 is 0 Å². The van der Waals surface area contributed by atoms with Gasteiger partial charge in [0, 0.05) is 39.3 Å². The van der Waals surface area contributed by atoms with Crippen LogP contribution in [0.5, 0.6) is 0 Å². The summed E-state index contributed by atoms with van der Waals surface area (Å²) in [4.78, 5) is 0. The Balaban J connectivity index is 0.00000320. The van der Waals surface area contributed by atoms with Gasteiger partial charge in [-0.05, 0) is 61.1 Å². The summed E-state index contributed by atoms with van der Waals surface area (Å²) in [6.45, 7) is 6.59. The van der Waals surface area contributed by atoms with Crippen LogP contribution >= 0.6 is 0 Å². The molecule has 2 nitrogen and oxygen atoms in total. The van der Waals surface area contributed by atoms with Gasteiger partial charge < -0.3 is 5.53 Å². The van der Waals surface area contributed by atoms with E-state index in [9.17, 15) is 5.53 Å². The number of nitrogens with zero attached hydrogens (tertiary/aromatic N) is 2. The summed E-state index contributed by atoms with van der Waals surface area (Å²) in [6, 6.07) is 17.1. The van der Waals surface area contributed by atoms with E-state index in [4.69, 9.17) is 0 Å². The van der Waals surface area contributed by atoms with E-state index in [0.29, 0.717) is 0 Å². The summed E-state index contributed by atoms with van der Waals surface area (Å²) in [5.74, 6) is 0. The first kappa shape index (κ1) is 24.3. The maximum Gasteiger partial charge on any atom is 0.210 e. The Morgan fingerprint density at radius 2 is 1.37 bits per heavy atom. The molecule has 1 aliphatic rings. The first-order chi connectivity index (χ1) is 14.2. The molecule has 162 valence electrons. The molecule has 3 heteroatoms. The Kier molecular flexibility index (Phi) is 9.72. The minimum Gasteiger partial charge on any atom is -0.493 e. The van der Waals surface area contributed by atoms with Crippen molar-refractivity contribution in [1.29, 1.82) is 0 Å². The average Bonchev–Trinajstić information content (AvgIpc) is 3.09. The van der Waals surface area contributed by atoms with Crippen molar-refractivity contribution in [2.45, 2.75) is 72.1 Å². The molecule has 0 amide bonds. The second kappa shape index (κ2) is 12.0. The van der Waals surface area contributed by atoms with Crippen LogP contribution in [0.1, 0.15) is 81.5 Å². The van der Waals surface area contributed by atoms with Crippen LogP contribution in [0.3, 0.4) is 0 Å². The summed E-state index contributed by atoms with van der Waals surface area (Å²) in [5.41, 5.74) is 19.1. The van der Waals surface area contributed by atoms with Gasteiger partial charge in [0.2, 0.25) is 11.4 Å². The number of aryl methyl sites for hydroxylation is 2. The molecule has 0 fully saturated rings. The molecule has 1 aliphatic heterocycles. The Morgan fingerprint density at radius 3 is 2.00 bits per heavy atom. The number of hydrogen-bond acceptors (Lipinski definition) is 0. The summed E-state index contributed by atoms with van der Waals surface area (Å²) >= 11 is 0. The smallest absolute Gasteiger partial charge is 0.210 e. The summed E-state index contributed by atoms with van der Waals surface area (Å²) in [6.07, 6.45) is 11.5. The number of benzene rings is 2. The SMILES string of the molecule is CCCCCCCC1=C(c2cccc(CC)c2)[N+](=[N-])C(c2cccc(CC)c2)=C1.[Ni]. The average molecular weight is 445 g/mol. The summed E-state index contributed by atoms with van der Waals surface area (Å²) < 4.78 is 1.42. The molecule has 0 radical (unpaired) electrons. The first-order valence-corrected chi connectivity index (χ1v) is 11.3. The van der Waals surface area contributed by atoms with Gasteiger partial charge in [0.25, 0.3) is 0 Å². The monoisotopic (exact) mass is 444 g/mol. The van der Waals surface area contributed by atoms with Gasteiger partial charge in [-0.3, -0.25) is 0 Å². The van der Waals surface area contributed by atoms with E-state index in [1.54, 1.807) is 0 Å². The molecule has 0 saturated heterocycles. The standard InChI is InChI=1S/C27H34N2.Ni/c1-4-7-8-9-10-15-25-20-26(23-16-11-13-21(5-2)18-23)29(28)27(25)24-17-12-14-22(6-3)19-24;/h11-14,16-20H,4-10,15H2,1-3H3;. The van der Waals surface area contributed by atoms with Crippen molar-refractivity contribution in [3.05, 3.63) is 88.0 Å². The Labute approximate surface area is 192 Å². The van der Waals surface area contributed by atoms with Gasteiger partial charge in [0.05, 0.1) is 0 Å². The van der Waals surface area contributed by atoms with E-state index in [-0.39, 0.29) is 16.5 Å². The van der Waals surface area contributed by atoms with Crippen molar-refractivity contribution in [1.82, 2.24) is 0 Å². The molecule has 30 heavy (non-hydrogen) atoms. The van der Waals surface area contributed by atoms with Crippen LogP contribution in [0.2, 0.25) is 0 Å². The van der Waals surface area contributed by atoms with Gasteiger partial charge in [-0.1, -0.05) is 70.7 Å². The van der Waals surface area contributed by atoms with E-state index in [2.05, 4.69) is 75.4 Å². The van der Waals surface area contributed by atoms with Crippen molar-refractivity contribution in [3.63, 3.8) is 0 Å². The van der Waals surface area contributed by atoms with Crippen LogP contribution < -0.4 is 0 Å². The van der Waals surface area contributed by atoms with Crippen molar-refractivity contribution in [3.8, 4) is 0 Å². The van der Waals surface area contributed by atoms with Crippen molar-refractivity contribution in [2.75, 3.05) is 0 Å². The molecule has 2 aromatic rings. The fraction of sp³-hybridized carbons (Fsp3) is 0.407. The van der Waals surface area contributed by atoms with Gasteiger partial charge in [-0.2, -0.15) is 0 Å². The molecule has 0 atom stereocenters. The number of rotatable bonds is 10. The third-order valence-corrected chi connectivity index (χ3v) is 5.84. The summed E-state index contributed by atoms with van der Waals surface area (Å²) in [5, 5.41) is 0. The Hall–Kier alpha value is -1.99. The van der Waals surface area contributed by atoms with Crippen LogP contribution in [0, 0.1) is 0 Å². The molecule has 1 heterocycles. The van der Waals surface area contributed by atoms with Crippen LogP contribution in [0.15, 0.2) is 60.2 Å². The van der Waals surface area contributed by atoms with Gasteiger partial charge in [0.1, 0.15) is 0 Å². The van der Waals surface area contributed by atoms with Crippen LogP contribution in [0.4, 0.5) is 0 Å². The van der Waals surface area contributed by atoms with E-state index in [1.165, 1.54) is 53.5 Å². The molecule has 0 aliphatic carbocycles. The van der Waals surface area contributed by atoms with E-state index in [1.807, 2.05) is 0 Å². The zero-order chi connectivity index (χ0) is 20.6. The minimum atomic E-state index is 0. The second-order valence-electron chi connectivity index (χ2n) is 7.99. The topological polar surface area (TPSA) is 25.3 Å². The maximum atomic E-state index is 11.2. The Morgan fingerprint density at radius 1 is 0.767 bits per heavy atom. The summed E-state index contributed by atoms with van der Waals surface area (Å²) in [7, 11) is 0. The zero-order valence-corrected chi connectivity index (χ0v) is 19.6. The van der Waals surface area contributed by atoms with Crippen LogP contribution in [-0.2, 0) is 29.3 Å². The molecule has 2 aromatic carbocycles. The molecule has 3 rings (SSSR count). The predicted octanol–water partition coefficient (Wildman–Crippen LogP) is 7.97. The van der Waals surface area contributed by atoms with Gasteiger partial charge in [-0.25, -0.2) is 4.70 Å². The normalized spacial score (nSPS) is 13.4. The molecule has 0 bridgehead atoms. The van der Waals surface area contributed by atoms with Crippen LogP contribution in [0.25, 0.3) is 16.9 Å². The molecule has 0 saturated carbocycles. The fourth-order valence-electron chi connectivity index (χ4n) is 4.06. The molecule has 0 spiro atoms. The maximum absolute atomic E-state index is 11.2. The molecule has 0 N–H and O–H groups in total. The zero-order valence-electron chi connectivity index (χ0n) is 18.6. The third kappa shape index (κ3) is 5.79. The third-order valence-electron chi connectivity index (χ3n) is 5.84. The minimum absolute atomic E-state index is 0. The van der Waals surface area contributed by atoms with Gasteiger partial charge in [-0.15, -0.1) is 0 Å². The molecular weight excluding hydrogens is 411 g/mol. The van der Waals surface area contributed by atoms with E-state index >= 15 is 0 Å². The molecule has 0 unspecified atom stereocenters. The van der Waals surface area contributed by atoms with Crippen LogP contribution in [-0.4, -0.2) is 4.70 Å². The largest absolute Gasteiger partial charge is 0.493 e. The molecule has 0 aromatic heterocycles. The van der Waals surface area contributed by atoms with Crippen molar-refractivity contribution in [2.24, 2.45) is 0 Å².